The zero-order valence-corrected chi connectivity index (χ0v) is 12.7. The molecule has 1 aliphatic rings. The second-order valence-electron chi connectivity index (χ2n) is 5.34. The van der Waals surface area contributed by atoms with Crippen molar-refractivity contribution < 1.29 is 4.79 Å². The molecule has 2 atom stereocenters. The molecule has 1 heterocycles. The largest absolute Gasteiger partial charge is 0.322 e. The molecule has 0 radical (unpaired) electrons. The average molecular weight is 278 g/mol. The Morgan fingerprint density at radius 1 is 1.26 bits per heavy atom. The van der Waals surface area contributed by atoms with Gasteiger partial charge in [0.2, 0.25) is 0 Å². The van der Waals surface area contributed by atoms with Crippen LogP contribution in [0, 0.1) is 5.92 Å². The van der Waals surface area contributed by atoms with Gasteiger partial charge in [0.15, 0.2) is 0 Å². The molecule has 4 heteroatoms. The van der Waals surface area contributed by atoms with E-state index in [0.29, 0.717) is 12.0 Å². The van der Waals surface area contributed by atoms with E-state index in [1.165, 1.54) is 11.3 Å². The van der Waals surface area contributed by atoms with Gasteiger partial charge in [0.25, 0.3) is 0 Å². The first kappa shape index (κ1) is 14.3. The fraction of sp³-hybridized carbons (Fsp3) is 0.533. The van der Waals surface area contributed by atoms with Gasteiger partial charge in [-0.2, -0.15) is 0 Å². The van der Waals surface area contributed by atoms with Crippen molar-refractivity contribution in [3.8, 4) is 0 Å². The number of likely N-dealkylation sites (tertiary alicyclic amines) is 1. The van der Waals surface area contributed by atoms with Gasteiger partial charge in [0.05, 0.1) is 0 Å². The van der Waals surface area contributed by atoms with Crippen LogP contribution in [0.5, 0.6) is 0 Å². The van der Waals surface area contributed by atoms with E-state index in [0.717, 1.165) is 18.7 Å². The maximum atomic E-state index is 12.3. The van der Waals surface area contributed by atoms with Crippen LogP contribution >= 0.6 is 11.8 Å². The normalized spacial score (nSPS) is 23.2. The maximum Gasteiger partial charge on any atom is 0.322 e. The third-order valence-corrected chi connectivity index (χ3v) is 4.46. The van der Waals surface area contributed by atoms with E-state index < -0.39 is 0 Å². The first-order valence-electron chi connectivity index (χ1n) is 6.82. The van der Waals surface area contributed by atoms with Gasteiger partial charge < -0.3 is 10.2 Å². The quantitative estimate of drug-likeness (QED) is 0.827. The summed E-state index contributed by atoms with van der Waals surface area (Å²) >= 11 is 1.70. The number of urea groups is 1. The molecule has 0 saturated carbocycles. The van der Waals surface area contributed by atoms with Crippen LogP contribution in [0.3, 0.4) is 0 Å². The lowest BCUT2D eigenvalue weighted by molar-refractivity contribution is 0.147. The van der Waals surface area contributed by atoms with Gasteiger partial charge >= 0.3 is 6.03 Å². The number of nitrogens with one attached hydrogen (secondary N) is 1. The molecule has 2 amide bonds. The zero-order chi connectivity index (χ0) is 13.8. The van der Waals surface area contributed by atoms with Crippen LogP contribution in [0.4, 0.5) is 10.5 Å². The smallest absolute Gasteiger partial charge is 0.322 e. The Balaban J connectivity index is 1.99. The number of rotatable bonds is 2. The predicted molar refractivity (Wildman–Crippen MR) is 81.8 cm³/mol. The van der Waals surface area contributed by atoms with E-state index >= 15 is 0 Å². The SMILES string of the molecule is CSc1ccc(NC(=O)N2CC(C)CCC2C)cc1. The van der Waals surface area contributed by atoms with Gasteiger partial charge in [-0.3, -0.25) is 0 Å². The summed E-state index contributed by atoms with van der Waals surface area (Å²) in [6.07, 6.45) is 4.36. The molecule has 3 nitrogen and oxygen atoms in total. The molecule has 19 heavy (non-hydrogen) atoms. The second-order valence-corrected chi connectivity index (χ2v) is 6.22. The molecule has 1 aromatic rings. The van der Waals surface area contributed by atoms with Crippen LogP contribution in [0.15, 0.2) is 29.2 Å². The number of thioether (sulfide) groups is 1. The van der Waals surface area contributed by atoms with Crippen LogP contribution in [-0.4, -0.2) is 29.8 Å². The summed E-state index contributed by atoms with van der Waals surface area (Å²) in [5.74, 6) is 0.598. The molecule has 2 unspecified atom stereocenters. The highest BCUT2D eigenvalue weighted by Gasteiger charge is 2.26. The standard InChI is InChI=1S/C15H22N2OS/c1-11-4-5-12(2)17(10-11)15(18)16-13-6-8-14(19-3)9-7-13/h6-9,11-12H,4-5,10H2,1-3H3,(H,16,18). The Labute approximate surface area is 119 Å². The van der Waals surface area contributed by atoms with Gasteiger partial charge in [-0.15, -0.1) is 11.8 Å². The minimum atomic E-state index is 0.0240. The summed E-state index contributed by atoms with van der Waals surface area (Å²) in [6, 6.07) is 8.34. The molecule has 104 valence electrons. The van der Waals surface area contributed by atoms with E-state index in [-0.39, 0.29) is 6.03 Å². The van der Waals surface area contributed by atoms with Gasteiger partial charge in [-0.05, 0) is 56.2 Å². The van der Waals surface area contributed by atoms with Crippen LogP contribution < -0.4 is 5.32 Å². The Bertz CT molecular complexity index is 432. The van der Waals surface area contributed by atoms with Gasteiger partial charge in [-0.1, -0.05) is 6.92 Å². The summed E-state index contributed by atoms with van der Waals surface area (Å²) in [6.45, 7) is 5.19. The number of benzene rings is 1. The molecule has 1 aromatic carbocycles. The minimum absolute atomic E-state index is 0.0240. The van der Waals surface area contributed by atoms with Crippen molar-refractivity contribution in [2.75, 3.05) is 18.1 Å². The third-order valence-electron chi connectivity index (χ3n) is 3.72. The van der Waals surface area contributed by atoms with Crippen molar-refractivity contribution >= 4 is 23.5 Å². The van der Waals surface area contributed by atoms with E-state index in [9.17, 15) is 4.79 Å². The fourth-order valence-electron chi connectivity index (χ4n) is 2.44. The monoisotopic (exact) mass is 278 g/mol. The molecule has 0 spiro atoms. The van der Waals surface area contributed by atoms with Gasteiger partial charge in [-0.25, -0.2) is 4.79 Å². The third kappa shape index (κ3) is 3.66. The highest BCUT2D eigenvalue weighted by Crippen LogP contribution is 2.23. The van der Waals surface area contributed by atoms with E-state index in [1.807, 2.05) is 35.4 Å². The summed E-state index contributed by atoms with van der Waals surface area (Å²) in [5, 5.41) is 2.99. The Hall–Kier alpha value is -1.16. The molecule has 0 aromatic heterocycles. The summed E-state index contributed by atoms with van der Waals surface area (Å²) in [7, 11) is 0. The molecular weight excluding hydrogens is 256 g/mol. The number of anilines is 1. The lowest BCUT2D eigenvalue weighted by Gasteiger charge is -2.36. The maximum absolute atomic E-state index is 12.3. The number of piperidine rings is 1. The number of nitrogens with zero attached hydrogens (tertiary/aromatic N) is 1. The summed E-state index contributed by atoms with van der Waals surface area (Å²) < 4.78 is 0. The number of carbonyl (C=O) groups excluding carboxylic acids is 1. The lowest BCUT2D eigenvalue weighted by atomic mass is 9.95. The summed E-state index contributed by atoms with van der Waals surface area (Å²) in [4.78, 5) is 15.4. The van der Waals surface area contributed by atoms with Crippen LogP contribution in [0.1, 0.15) is 26.7 Å². The average Bonchev–Trinajstić information content (AvgIpc) is 2.42. The Morgan fingerprint density at radius 3 is 2.58 bits per heavy atom. The second kappa shape index (κ2) is 6.33. The minimum Gasteiger partial charge on any atom is -0.322 e. The fourth-order valence-corrected chi connectivity index (χ4v) is 2.85. The van der Waals surface area contributed by atoms with Crippen molar-refractivity contribution in [3.05, 3.63) is 24.3 Å². The number of carbonyl (C=O) groups is 1. The first-order chi connectivity index (χ1) is 9.10. The van der Waals surface area contributed by atoms with Gasteiger partial charge in [0, 0.05) is 23.2 Å². The molecule has 0 aliphatic carbocycles. The van der Waals surface area contributed by atoms with Crippen molar-refractivity contribution in [2.24, 2.45) is 5.92 Å². The van der Waals surface area contributed by atoms with E-state index in [2.05, 4.69) is 19.2 Å². The topological polar surface area (TPSA) is 32.3 Å². The Kier molecular flexibility index (Phi) is 4.75. The molecule has 1 aliphatic heterocycles. The molecular formula is C15H22N2OS. The highest BCUT2D eigenvalue weighted by molar-refractivity contribution is 7.98. The van der Waals surface area contributed by atoms with Crippen LogP contribution in [0.2, 0.25) is 0 Å². The highest BCUT2D eigenvalue weighted by atomic mass is 32.2. The number of hydrogen-bond acceptors (Lipinski definition) is 2. The molecule has 1 saturated heterocycles. The van der Waals surface area contributed by atoms with Crippen molar-refractivity contribution in [2.45, 2.75) is 37.6 Å². The lowest BCUT2D eigenvalue weighted by Crippen LogP contribution is -2.46. The molecule has 1 N–H and O–H groups in total. The number of amides is 2. The van der Waals surface area contributed by atoms with Crippen LogP contribution in [-0.2, 0) is 0 Å². The van der Waals surface area contributed by atoms with Crippen molar-refractivity contribution in [1.82, 2.24) is 4.90 Å². The van der Waals surface area contributed by atoms with E-state index in [1.54, 1.807) is 11.8 Å². The summed E-state index contributed by atoms with van der Waals surface area (Å²) in [5.41, 5.74) is 0.869. The Morgan fingerprint density at radius 2 is 1.95 bits per heavy atom. The first-order valence-corrected chi connectivity index (χ1v) is 8.04. The molecule has 1 fully saturated rings. The van der Waals surface area contributed by atoms with Crippen molar-refractivity contribution in [3.63, 3.8) is 0 Å². The number of hydrogen-bond donors (Lipinski definition) is 1. The zero-order valence-electron chi connectivity index (χ0n) is 11.8. The van der Waals surface area contributed by atoms with Crippen molar-refractivity contribution in [1.29, 1.82) is 0 Å². The van der Waals surface area contributed by atoms with E-state index in [4.69, 9.17) is 0 Å². The molecule has 0 bridgehead atoms. The van der Waals surface area contributed by atoms with Gasteiger partial charge in [0.1, 0.15) is 0 Å². The molecule has 2 rings (SSSR count). The predicted octanol–water partition coefficient (Wildman–Crippen LogP) is 4.06. The van der Waals surface area contributed by atoms with Crippen LogP contribution in [0.25, 0.3) is 0 Å².